The van der Waals surface area contributed by atoms with E-state index >= 15 is 0 Å². The first-order valence-electron chi connectivity index (χ1n) is 6.35. The first kappa shape index (κ1) is 15.1. The third-order valence-electron chi connectivity index (χ3n) is 2.60. The molecule has 0 fully saturated rings. The Morgan fingerprint density at radius 1 is 1.37 bits per heavy atom. The topological polar surface area (TPSA) is 38.3 Å². The molecule has 0 radical (unpaired) electrons. The fourth-order valence-corrected chi connectivity index (χ4v) is 1.58. The average molecular weight is 259 g/mol. The van der Waals surface area contributed by atoms with Crippen LogP contribution in [0.15, 0.2) is 24.3 Å². The maximum atomic E-state index is 11.5. The van der Waals surface area contributed by atoms with Gasteiger partial charge in [-0.05, 0) is 44.4 Å². The predicted octanol–water partition coefficient (Wildman–Crippen LogP) is 3.30. The van der Waals surface area contributed by atoms with Crippen LogP contribution >= 0.6 is 0 Å². The smallest absolute Gasteiger partial charge is 0.407 e. The van der Waals surface area contributed by atoms with Crippen LogP contribution in [0.25, 0.3) is 0 Å². The molecular weight excluding hydrogens is 238 g/mol. The lowest BCUT2D eigenvalue weighted by molar-refractivity contribution is 0.0525. The summed E-state index contributed by atoms with van der Waals surface area (Å²) in [5.74, 6) is 2.79. The van der Waals surface area contributed by atoms with Crippen LogP contribution in [0.5, 0.6) is 0 Å². The van der Waals surface area contributed by atoms with Crippen molar-refractivity contribution >= 4 is 6.09 Å². The molecule has 0 bridgehead atoms. The van der Waals surface area contributed by atoms with Gasteiger partial charge >= 0.3 is 6.09 Å². The number of carbonyl (C=O) groups excluding carboxylic acids is 1. The molecule has 3 nitrogen and oxygen atoms in total. The summed E-state index contributed by atoms with van der Waals surface area (Å²) in [5.41, 5.74) is 1.52. The van der Waals surface area contributed by atoms with Crippen molar-refractivity contribution in [3.63, 3.8) is 0 Å². The molecule has 1 rings (SSSR count). The lowest BCUT2D eigenvalue weighted by Gasteiger charge is -2.21. The zero-order valence-corrected chi connectivity index (χ0v) is 12.0. The van der Waals surface area contributed by atoms with Gasteiger partial charge in [0.05, 0.1) is 0 Å². The van der Waals surface area contributed by atoms with E-state index in [1.807, 2.05) is 52.0 Å². The van der Waals surface area contributed by atoms with E-state index in [-0.39, 0.29) is 12.0 Å². The molecule has 3 heteroatoms. The fourth-order valence-electron chi connectivity index (χ4n) is 1.58. The van der Waals surface area contributed by atoms with Gasteiger partial charge in [-0.25, -0.2) is 4.79 Å². The van der Waals surface area contributed by atoms with Crippen molar-refractivity contribution in [2.24, 2.45) is 0 Å². The number of alkyl carbamates (subject to hydrolysis) is 1. The number of amides is 1. The lowest BCUT2D eigenvalue weighted by atomic mass is 10.00. The Labute approximate surface area is 115 Å². The van der Waals surface area contributed by atoms with E-state index < -0.39 is 5.60 Å². The Hall–Kier alpha value is -1.95. The molecule has 0 saturated carbocycles. The molecule has 1 N–H and O–H groups in total. The maximum absolute atomic E-state index is 11.5. The molecule has 19 heavy (non-hydrogen) atoms. The second-order valence-corrected chi connectivity index (χ2v) is 5.55. The van der Waals surface area contributed by atoms with E-state index in [1.165, 1.54) is 0 Å². The van der Waals surface area contributed by atoms with Gasteiger partial charge in [0.25, 0.3) is 0 Å². The summed E-state index contributed by atoms with van der Waals surface area (Å²) in [5, 5.41) is 2.76. The van der Waals surface area contributed by atoms with E-state index in [2.05, 4.69) is 11.2 Å². The molecule has 0 heterocycles. The molecule has 1 atom stereocenters. The van der Waals surface area contributed by atoms with Gasteiger partial charge in [-0.3, -0.25) is 0 Å². The first-order valence-corrected chi connectivity index (χ1v) is 6.35. The van der Waals surface area contributed by atoms with Gasteiger partial charge in [0, 0.05) is 12.1 Å². The number of terminal acetylenes is 1. The summed E-state index contributed by atoms with van der Waals surface area (Å²) in [4.78, 5) is 11.5. The van der Waals surface area contributed by atoms with Crippen molar-refractivity contribution in [3.8, 4) is 12.3 Å². The van der Waals surface area contributed by atoms with Crippen molar-refractivity contribution < 1.29 is 9.53 Å². The van der Waals surface area contributed by atoms with Crippen LogP contribution < -0.4 is 5.32 Å². The fraction of sp³-hybridized carbons (Fsp3) is 0.438. The van der Waals surface area contributed by atoms with Crippen molar-refractivity contribution in [2.75, 3.05) is 6.54 Å². The van der Waals surface area contributed by atoms with Gasteiger partial charge in [0.1, 0.15) is 5.60 Å². The standard InChI is InChI=1S/C16H21NO2/c1-6-13-7-9-14(10-8-13)12(2)11-17-15(18)19-16(3,4)5/h1,7-10,12H,11H2,2-5H3,(H,17,18). The maximum Gasteiger partial charge on any atom is 0.407 e. The Bertz CT molecular complexity index is 463. The highest BCUT2D eigenvalue weighted by molar-refractivity contribution is 5.67. The summed E-state index contributed by atoms with van der Waals surface area (Å²) >= 11 is 0. The molecule has 1 aromatic rings. The summed E-state index contributed by atoms with van der Waals surface area (Å²) in [6.07, 6.45) is 4.92. The SMILES string of the molecule is C#Cc1ccc(C(C)CNC(=O)OC(C)(C)C)cc1. The zero-order valence-electron chi connectivity index (χ0n) is 12.0. The normalized spacial score (nSPS) is 12.4. The number of rotatable bonds is 3. The van der Waals surface area contributed by atoms with Crippen LogP contribution in [0.4, 0.5) is 4.79 Å². The highest BCUT2D eigenvalue weighted by Crippen LogP contribution is 2.15. The van der Waals surface area contributed by atoms with Gasteiger partial charge in [-0.2, -0.15) is 0 Å². The third-order valence-corrected chi connectivity index (χ3v) is 2.60. The van der Waals surface area contributed by atoms with Crippen molar-refractivity contribution in [2.45, 2.75) is 39.2 Å². The molecule has 1 unspecified atom stereocenters. The molecule has 0 aliphatic heterocycles. The van der Waals surface area contributed by atoms with E-state index in [4.69, 9.17) is 11.2 Å². The number of hydrogen-bond donors (Lipinski definition) is 1. The zero-order chi connectivity index (χ0) is 14.5. The molecule has 1 aromatic carbocycles. The van der Waals surface area contributed by atoms with Crippen LogP contribution in [0.1, 0.15) is 44.7 Å². The molecule has 102 valence electrons. The number of benzene rings is 1. The Morgan fingerprint density at radius 2 is 1.95 bits per heavy atom. The minimum Gasteiger partial charge on any atom is -0.444 e. The average Bonchev–Trinajstić information content (AvgIpc) is 2.34. The minimum absolute atomic E-state index is 0.208. The van der Waals surface area contributed by atoms with Crippen LogP contribution in [0, 0.1) is 12.3 Å². The predicted molar refractivity (Wildman–Crippen MR) is 77.0 cm³/mol. The van der Waals surface area contributed by atoms with E-state index in [0.29, 0.717) is 6.54 Å². The molecular formula is C16H21NO2. The molecule has 1 amide bonds. The molecule has 0 aliphatic rings. The van der Waals surface area contributed by atoms with Crippen LogP contribution in [0.2, 0.25) is 0 Å². The molecule has 0 saturated heterocycles. The van der Waals surface area contributed by atoms with Crippen molar-refractivity contribution in [1.82, 2.24) is 5.32 Å². The number of nitrogens with one attached hydrogen (secondary N) is 1. The van der Waals surface area contributed by atoms with Gasteiger partial charge in [0.2, 0.25) is 0 Å². The van der Waals surface area contributed by atoms with Crippen molar-refractivity contribution in [1.29, 1.82) is 0 Å². The van der Waals surface area contributed by atoms with Crippen LogP contribution in [0.3, 0.4) is 0 Å². The Balaban J connectivity index is 2.49. The minimum atomic E-state index is -0.470. The van der Waals surface area contributed by atoms with E-state index in [1.54, 1.807) is 0 Å². The van der Waals surface area contributed by atoms with Gasteiger partial charge in [-0.15, -0.1) is 6.42 Å². The first-order chi connectivity index (χ1) is 8.81. The quantitative estimate of drug-likeness (QED) is 0.846. The summed E-state index contributed by atoms with van der Waals surface area (Å²) in [7, 11) is 0. The second kappa shape index (κ2) is 6.29. The van der Waals surface area contributed by atoms with Crippen LogP contribution in [-0.2, 0) is 4.74 Å². The summed E-state index contributed by atoms with van der Waals surface area (Å²) in [6, 6.07) is 7.77. The number of hydrogen-bond acceptors (Lipinski definition) is 2. The second-order valence-electron chi connectivity index (χ2n) is 5.55. The lowest BCUT2D eigenvalue weighted by Crippen LogP contribution is -2.34. The molecule has 0 aliphatic carbocycles. The monoisotopic (exact) mass is 259 g/mol. The molecule has 0 spiro atoms. The third kappa shape index (κ3) is 5.48. The van der Waals surface area contributed by atoms with Crippen LogP contribution in [-0.4, -0.2) is 18.2 Å². The summed E-state index contributed by atoms with van der Waals surface area (Å²) < 4.78 is 5.18. The summed E-state index contributed by atoms with van der Waals surface area (Å²) in [6.45, 7) is 8.10. The highest BCUT2D eigenvalue weighted by Gasteiger charge is 2.16. The van der Waals surface area contributed by atoms with Gasteiger partial charge in [-0.1, -0.05) is 25.0 Å². The Kier molecular flexibility index (Phi) is 5.00. The number of ether oxygens (including phenoxy) is 1. The Morgan fingerprint density at radius 3 is 2.42 bits per heavy atom. The molecule has 0 aromatic heterocycles. The highest BCUT2D eigenvalue weighted by atomic mass is 16.6. The number of carbonyl (C=O) groups is 1. The van der Waals surface area contributed by atoms with Crippen molar-refractivity contribution in [3.05, 3.63) is 35.4 Å². The van der Waals surface area contributed by atoms with E-state index in [9.17, 15) is 4.79 Å². The van der Waals surface area contributed by atoms with Gasteiger partial charge in [0.15, 0.2) is 0 Å². The van der Waals surface area contributed by atoms with Gasteiger partial charge < -0.3 is 10.1 Å². The van der Waals surface area contributed by atoms with E-state index in [0.717, 1.165) is 11.1 Å². The largest absolute Gasteiger partial charge is 0.444 e.